The number of hydrogen-bond acceptors (Lipinski definition) is 2. The van der Waals surface area contributed by atoms with Gasteiger partial charge in [0, 0.05) is 19.1 Å². The number of hydrogen-bond donors (Lipinski definition) is 2. The first-order valence-electron chi connectivity index (χ1n) is 6.06. The SMILES string of the molecule is Cc1ccc(C(C)C)cc1CNCC(C)N. The molecule has 0 amide bonds. The molecule has 1 atom stereocenters. The summed E-state index contributed by atoms with van der Waals surface area (Å²) in [6.07, 6.45) is 0. The Hall–Kier alpha value is -0.860. The first-order valence-corrected chi connectivity index (χ1v) is 6.06. The van der Waals surface area contributed by atoms with E-state index in [2.05, 4.69) is 44.3 Å². The lowest BCUT2D eigenvalue weighted by Gasteiger charge is -2.13. The first-order chi connectivity index (χ1) is 7.50. The van der Waals surface area contributed by atoms with Gasteiger partial charge >= 0.3 is 0 Å². The molecule has 0 aliphatic carbocycles. The van der Waals surface area contributed by atoms with Crippen molar-refractivity contribution in [3.05, 3.63) is 34.9 Å². The average molecular weight is 220 g/mol. The van der Waals surface area contributed by atoms with Crippen molar-refractivity contribution in [2.45, 2.75) is 46.2 Å². The van der Waals surface area contributed by atoms with Crippen LogP contribution in [-0.4, -0.2) is 12.6 Å². The predicted molar refractivity (Wildman–Crippen MR) is 70.6 cm³/mol. The Morgan fingerprint density at radius 3 is 2.50 bits per heavy atom. The highest BCUT2D eigenvalue weighted by Crippen LogP contribution is 2.18. The standard InChI is InChI=1S/C14H24N2/c1-10(2)13-6-5-11(3)14(7-13)9-16-8-12(4)15/h5-7,10,12,16H,8-9,15H2,1-4H3. The molecule has 2 nitrogen and oxygen atoms in total. The topological polar surface area (TPSA) is 38.0 Å². The molecule has 0 aliphatic rings. The van der Waals surface area contributed by atoms with Crippen molar-refractivity contribution < 1.29 is 0 Å². The molecule has 0 heterocycles. The third kappa shape index (κ3) is 3.95. The van der Waals surface area contributed by atoms with Gasteiger partial charge in [-0.05, 0) is 36.5 Å². The summed E-state index contributed by atoms with van der Waals surface area (Å²) < 4.78 is 0. The van der Waals surface area contributed by atoms with Crippen molar-refractivity contribution in [1.82, 2.24) is 5.32 Å². The van der Waals surface area contributed by atoms with Crippen LogP contribution >= 0.6 is 0 Å². The van der Waals surface area contributed by atoms with Gasteiger partial charge in [0.25, 0.3) is 0 Å². The maximum Gasteiger partial charge on any atom is 0.0208 e. The van der Waals surface area contributed by atoms with Crippen molar-refractivity contribution in [3.63, 3.8) is 0 Å². The summed E-state index contributed by atoms with van der Waals surface area (Å²) in [5.41, 5.74) is 9.85. The van der Waals surface area contributed by atoms with Gasteiger partial charge in [-0.15, -0.1) is 0 Å². The monoisotopic (exact) mass is 220 g/mol. The fraction of sp³-hybridized carbons (Fsp3) is 0.571. The van der Waals surface area contributed by atoms with Crippen LogP contribution in [0.3, 0.4) is 0 Å². The average Bonchev–Trinajstić information content (AvgIpc) is 2.20. The molecule has 1 unspecified atom stereocenters. The summed E-state index contributed by atoms with van der Waals surface area (Å²) in [4.78, 5) is 0. The van der Waals surface area contributed by atoms with Crippen LogP contribution in [0.2, 0.25) is 0 Å². The second-order valence-corrected chi connectivity index (χ2v) is 4.95. The zero-order chi connectivity index (χ0) is 12.1. The molecule has 16 heavy (non-hydrogen) atoms. The van der Waals surface area contributed by atoms with Gasteiger partial charge in [-0.2, -0.15) is 0 Å². The lowest BCUT2D eigenvalue weighted by Crippen LogP contribution is -2.30. The summed E-state index contributed by atoms with van der Waals surface area (Å²) >= 11 is 0. The fourth-order valence-corrected chi connectivity index (χ4v) is 1.68. The Labute approximate surface area is 99.2 Å². The van der Waals surface area contributed by atoms with E-state index < -0.39 is 0 Å². The minimum Gasteiger partial charge on any atom is -0.327 e. The Balaban J connectivity index is 2.67. The highest BCUT2D eigenvalue weighted by Gasteiger charge is 2.03. The number of aryl methyl sites for hydroxylation is 1. The van der Waals surface area contributed by atoms with Gasteiger partial charge in [-0.1, -0.05) is 32.0 Å². The molecule has 0 aromatic heterocycles. The second kappa shape index (κ2) is 6.02. The van der Waals surface area contributed by atoms with Crippen molar-refractivity contribution >= 4 is 0 Å². The molecular formula is C14H24N2. The van der Waals surface area contributed by atoms with E-state index in [4.69, 9.17) is 5.73 Å². The summed E-state index contributed by atoms with van der Waals surface area (Å²) in [6.45, 7) is 10.4. The van der Waals surface area contributed by atoms with Gasteiger partial charge in [-0.3, -0.25) is 0 Å². The summed E-state index contributed by atoms with van der Waals surface area (Å²) in [6, 6.07) is 6.94. The second-order valence-electron chi connectivity index (χ2n) is 4.95. The Kier molecular flexibility index (Phi) is 4.97. The lowest BCUT2D eigenvalue weighted by molar-refractivity contribution is 0.606. The van der Waals surface area contributed by atoms with Gasteiger partial charge in [0.2, 0.25) is 0 Å². The van der Waals surface area contributed by atoms with Gasteiger partial charge in [0.05, 0.1) is 0 Å². The quantitative estimate of drug-likeness (QED) is 0.800. The molecule has 0 fully saturated rings. The van der Waals surface area contributed by atoms with Crippen molar-refractivity contribution in [2.75, 3.05) is 6.54 Å². The largest absolute Gasteiger partial charge is 0.327 e. The van der Waals surface area contributed by atoms with Crippen molar-refractivity contribution in [1.29, 1.82) is 0 Å². The molecule has 0 aliphatic heterocycles. The van der Waals surface area contributed by atoms with Crippen molar-refractivity contribution in [3.8, 4) is 0 Å². The highest BCUT2D eigenvalue weighted by atomic mass is 14.9. The smallest absolute Gasteiger partial charge is 0.0208 e. The lowest BCUT2D eigenvalue weighted by atomic mass is 9.98. The molecular weight excluding hydrogens is 196 g/mol. The summed E-state index contributed by atoms with van der Waals surface area (Å²) in [7, 11) is 0. The van der Waals surface area contributed by atoms with E-state index in [1.54, 1.807) is 0 Å². The minimum absolute atomic E-state index is 0.216. The van der Waals surface area contributed by atoms with Crippen LogP contribution in [0.4, 0.5) is 0 Å². The van der Waals surface area contributed by atoms with Gasteiger partial charge in [0.1, 0.15) is 0 Å². The molecule has 0 spiro atoms. The molecule has 1 rings (SSSR count). The Morgan fingerprint density at radius 2 is 1.94 bits per heavy atom. The van der Waals surface area contributed by atoms with E-state index >= 15 is 0 Å². The molecule has 90 valence electrons. The number of nitrogens with one attached hydrogen (secondary N) is 1. The maximum atomic E-state index is 5.71. The van der Waals surface area contributed by atoms with Crippen LogP contribution in [0.25, 0.3) is 0 Å². The highest BCUT2D eigenvalue weighted by molar-refractivity contribution is 5.32. The molecule has 0 radical (unpaired) electrons. The molecule has 0 saturated carbocycles. The first kappa shape index (κ1) is 13.2. The Bertz CT molecular complexity index is 330. The van der Waals surface area contributed by atoms with Crippen molar-refractivity contribution in [2.24, 2.45) is 5.73 Å². The van der Waals surface area contributed by atoms with Crippen LogP contribution in [0.15, 0.2) is 18.2 Å². The van der Waals surface area contributed by atoms with Gasteiger partial charge in [0.15, 0.2) is 0 Å². The van der Waals surface area contributed by atoms with Crippen LogP contribution in [-0.2, 0) is 6.54 Å². The number of nitrogens with two attached hydrogens (primary N) is 1. The van der Waals surface area contributed by atoms with E-state index in [-0.39, 0.29) is 6.04 Å². The molecule has 1 aromatic carbocycles. The third-order valence-corrected chi connectivity index (χ3v) is 2.82. The normalized spacial score (nSPS) is 13.1. The van der Waals surface area contributed by atoms with Gasteiger partial charge in [-0.25, -0.2) is 0 Å². The molecule has 1 aromatic rings. The van der Waals surface area contributed by atoms with E-state index in [0.29, 0.717) is 5.92 Å². The van der Waals surface area contributed by atoms with E-state index in [1.165, 1.54) is 16.7 Å². The molecule has 0 bridgehead atoms. The summed E-state index contributed by atoms with van der Waals surface area (Å²) in [5.74, 6) is 0.591. The zero-order valence-electron chi connectivity index (χ0n) is 10.9. The summed E-state index contributed by atoms with van der Waals surface area (Å²) in [5, 5.41) is 3.38. The Morgan fingerprint density at radius 1 is 1.25 bits per heavy atom. The molecule has 0 saturated heterocycles. The number of rotatable bonds is 5. The predicted octanol–water partition coefficient (Wildman–Crippen LogP) is 2.56. The molecule has 3 N–H and O–H groups in total. The van der Waals surface area contributed by atoms with Crippen LogP contribution in [0.5, 0.6) is 0 Å². The van der Waals surface area contributed by atoms with Gasteiger partial charge < -0.3 is 11.1 Å². The molecule has 2 heteroatoms. The minimum atomic E-state index is 0.216. The third-order valence-electron chi connectivity index (χ3n) is 2.82. The van der Waals surface area contributed by atoms with Crippen LogP contribution in [0.1, 0.15) is 43.4 Å². The van der Waals surface area contributed by atoms with E-state index in [1.807, 2.05) is 6.92 Å². The number of benzene rings is 1. The fourth-order valence-electron chi connectivity index (χ4n) is 1.68. The van der Waals surface area contributed by atoms with Crippen LogP contribution in [0, 0.1) is 6.92 Å². The zero-order valence-corrected chi connectivity index (χ0v) is 10.9. The van der Waals surface area contributed by atoms with Crippen LogP contribution < -0.4 is 11.1 Å². The maximum absolute atomic E-state index is 5.71. The van der Waals surface area contributed by atoms with E-state index in [0.717, 1.165) is 13.1 Å². The van der Waals surface area contributed by atoms with E-state index in [9.17, 15) is 0 Å².